The smallest absolute Gasteiger partial charge is 0.329 e. The molecule has 0 bridgehead atoms. The molecule has 36 heavy (non-hydrogen) atoms. The molecular weight excluding hydrogens is 477 g/mol. The Labute approximate surface area is 220 Å². The highest BCUT2D eigenvalue weighted by Crippen LogP contribution is 2.33. The summed E-state index contributed by atoms with van der Waals surface area (Å²) in [6.45, 7) is 4.95. The van der Waals surface area contributed by atoms with Gasteiger partial charge in [-0.15, -0.1) is 0 Å². The number of quaternary nitrogens is 1. The molecule has 0 aliphatic carbocycles. The van der Waals surface area contributed by atoms with Gasteiger partial charge in [0.05, 0.1) is 33.4 Å². The van der Waals surface area contributed by atoms with Crippen LogP contribution in [0.2, 0.25) is 0 Å². The summed E-state index contributed by atoms with van der Waals surface area (Å²) in [7, 11) is 0.0480. The Balaban J connectivity index is 2.21. The Morgan fingerprint density at radius 1 is 0.917 bits per heavy atom. The van der Waals surface area contributed by atoms with Crippen molar-refractivity contribution in [3.63, 3.8) is 0 Å². The van der Waals surface area contributed by atoms with Gasteiger partial charge >= 0.3 is 8.60 Å². The van der Waals surface area contributed by atoms with Crippen LogP contribution in [0.5, 0.6) is 5.75 Å². The molecule has 7 nitrogen and oxygen atoms in total. The Morgan fingerprint density at radius 2 is 1.58 bits per heavy atom. The molecule has 0 aliphatic rings. The lowest BCUT2D eigenvalue weighted by molar-refractivity contribution is -0.627. The van der Waals surface area contributed by atoms with Gasteiger partial charge < -0.3 is 28.7 Å². The summed E-state index contributed by atoms with van der Waals surface area (Å²) in [6.07, 6.45) is 16.3. The number of rotatable bonds is 26. The molecule has 2 atom stereocenters. The van der Waals surface area contributed by atoms with E-state index in [4.69, 9.17) is 18.5 Å². The number of unbranched alkanes of at least 4 members (excludes halogenated alkanes) is 11. The van der Waals surface area contributed by atoms with E-state index in [0.717, 1.165) is 37.1 Å². The van der Waals surface area contributed by atoms with Gasteiger partial charge in [0, 0.05) is 6.42 Å². The predicted molar refractivity (Wildman–Crippen MR) is 146 cm³/mol. The molecule has 8 heteroatoms. The standard InChI is InChI=1S/C28H50NO6P/c1-3-4-5-6-7-8-9-10-11-12-14-20-32-27-18-16-17-26(22-27)23-28(33-25-30)24-35-36(31)34-21-15-13-19-29-2/h16-18,22,25,28-29,31H,3-15,19-21,23-24H2,1-2H3/p+1. The number of nitrogens with two attached hydrogens (primary N) is 1. The molecule has 0 fully saturated rings. The molecule has 0 aliphatic heterocycles. The van der Waals surface area contributed by atoms with E-state index in [-0.39, 0.29) is 6.61 Å². The molecule has 0 heterocycles. The lowest BCUT2D eigenvalue weighted by Gasteiger charge is -2.18. The SMILES string of the molecule is CCCCCCCCCCCCCOc1cccc(CC(COP(O)OCCCC[NH2+]C)OC=O)c1. The lowest BCUT2D eigenvalue weighted by Crippen LogP contribution is -2.79. The largest absolute Gasteiger partial charge is 0.494 e. The van der Waals surface area contributed by atoms with Crippen molar-refractivity contribution >= 4 is 15.1 Å². The average molecular weight is 529 g/mol. The molecule has 0 aromatic heterocycles. The summed E-state index contributed by atoms with van der Waals surface area (Å²) in [5.41, 5.74) is 0.987. The van der Waals surface area contributed by atoms with Crippen molar-refractivity contribution in [1.29, 1.82) is 0 Å². The normalized spacial score (nSPS) is 12.9. The molecule has 208 valence electrons. The second-order valence-corrected chi connectivity index (χ2v) is 10.4. The van der Waals surface area contributed by atoms with Crippen LogP contribution in [0.25, 0.3) is 0 Å². The molecule has 1 aromatic carbocycles. The van der Waals surface area contributed by atoms with Crippen molar-refractivity contribution in [3.8, 4) is 5.75 Å². The molecule has 0 saturated heterocycles. The number of hydrogen-bond acceptors (Lipinski definition) is 6. The maximum absolute atomic E-state index is 10.9. The summed E-state index contributed by atoms with van der Waals surface area (Å²) in [4.78, 5) is 20.9. The molecule has 2 unspecified atom stereocenters. The first kappa shape index (κ1) is 32.8. The van der Waals surface area contributed by atoms with Gasteiger partial charge in [-0.2, -0.15) is 0 Å². The van der Waals surface area contributed by atoms with Crippen LogP contribution in [0.15, 0.2) is 24.3 Å². The molecule has 1 rings (SSSR count). The van der Waals surface area contributed by atoms with Crippen molar-refractivity contribution in [2.45, 2.75) is 103 Å². The first-order valence-electron chi connectivity index (χ1n) is 14.0. The van der Waals surface area contributed by atoms with Gasteiger partial charge in [0.2, 0.25) is 0 Å². The second kappa shape index (κ2) is 24.1. The van der Waals surface area contributed by atoms with Gasteiger partial charge in [-0.25, -0.2) is 0 Å². The topological polar surface area (TPSA) is 90.8 Å². The number of hydrogen-bond donors (Lipinski definition) is 2. The van der Waals surface area contributed by atoms with Crippen molar-refractivity contribution in [2.24, 2.45) is 0 Å². The quantitative estimate of drug-likeness (QED) is 0.0913. The first-order chi connectivity index (χ1) is 17.7. The van der Waals surface area contributed by atoms with Crippen LogP contribution in [0.3, 0.4) is 0 Å². The zero-order valence-corrected chi connectivity index (χ0v) is 23.6. The summed E-state index contributed by atoms with van der Waals surface area (Å²) >= 11 is 0. The van der Waals surface area contributed by atoms with Crippen molar-refractivity contribution < 1.29 is 33.5 Å². The Kier molecular flexibility index (Phi) is 22.0. The maximum atomic E-state index is 10.9. The fourth-order valence-electron chi connectivity index (χ4n) is 3.98. The number of carbonyl (C=O) groups excluding carboxylic acids is 1. The highest BCUT2D eigenvalue weighted by molar-refractivity contribution is 7.40. The van der Waals surface area contributed by atoms with E-state index in [1.807, 2.05) is 31.3 Å². The predicted octanol–water partition coefficient (Wildman–Crippen LogP) is 5.69. The molecular formula is C28H51NO6P+. The minimum Gasteiger partial charge on any atom is -0.494 e. The summed E-state index contributed by atoms with van der Waals surface area (Å²) in [6, 6.07) is 7.84. The third kappa shape index (κ3) is 18.9. The zero-order chi connectivity index (χ0) is 26.1. The monoisotopic (exact) mass is 528 g/mol. The molecule has 0 saturated carbocycles. The lowest BCUT2D eigenvalue weighted by atomic mass is 10.1. The maximum Gasteiger partial charge on any atom is 0.329 e. The van der Waals surface area contributed by atoms with E-state index in [1.54, 1.807) is 0 Å². The van der Waals surface area contributed by atoms with Crippen LogP contribution in [-0.4, -0.2) is 50.9 Å². The number of carbonyl (C=O) groups is 1. The minimum atomic E-state index is -1.98. The van der Waals surface area contributed by atoms with Crippen molar-refractivity contribution in [2.75, 3.05) is 33.4 Å². The van der Waals surface area contributed by atoms with Gasteiger partial charge in [0.1, 0.15) is 11.9 Å². The summed E-state index contributed by atoms with van der Waals surface area (Å²) in [5, 5.41) is 2.11. The van der Waals surface area contributed by atoms with Crippen LogP contribution in [0.1, 0.15) is 96.0 Å². The third-order valence-corrected chi connectivity index (χ3v) is 6.86. The molecule has 1 aromatic rings. The summed E-state index contributed by atoms with van der Waals surface area (Å²) < 4.78 is 21.8. The minimum absolute atomic E-state index is 0.0769. The highest BCUT2D eigenvalue weighted by Gasteiger charge is 2.16. The van der Waals surface area contributed by atoms with Crippen LogP contribution < -0.4 is 10.1 Å². The van der Waals surface area contributed by atoms with Crippen LogP contribution in [0, 0.1) is 0 Å². The van der Waals surface area contributed by atoms with Crippen LogP contribution in [0.4, 0.5) is 0 Å². The van der Waals surface area contributed by atoms with E-state index >= 15 is 0 Å². The molecule has 0 amide bonds. The van der Waals surface area contributed by atoms with E-state index in [2.05, 4.69) is 12.2 Å². The molecule has 0 radical (unpaired) electrons. The van der Waals surface area contributed by atoms with Gasteiger partial charge in [-0.05, 0) is 37.0 Å². The van der Waals surface area contributed by atoms with E-state index < -0.39 is 14.7 Å². The third-order valence-electron chi connectivity index (χ3n) is 6.09. The number of benzene rings is 1. The van der Waals surface area contributed by atoms with Gasteiger partial charge in [0.25, 0.3) is 6.47 Å². The van der Waals surface area contributed by atoms with Crippen LogP contribution in [-0.2, 0) is 25.0 Å². The average Bonchev–Trinajstić information content (AvgIpc) is 2.88. The highest BCUT2D eigenvalue weighted by atomic mass is 31.2. The zero-order valence-electron chi connectivity index (χ0n) is 22.7. The first-order valence-corrected chi connectivity index (χ1v) is 15.2. The summed E-state index contributed by atoms with van der Waals surface area (Å²) in [5.74, 6) is 0.822. The Morgan fingerprint density at radius 3 is 2.25 bits per heavy atom. The Hall–Kier alpha value is -1.24. The second-order valence-electron chi connectivity index (χ2n) is 9.36. The van der Waals surface area contributed by atoms with E-state index in [0.29, 0.717) is 26.1 Å². The number of ether oxygens (including phenoxy) is 2. The van der Waals surface area contributed by atoms with Crippen molar-refractivity contribution in [3.05, 3.63) is 29.8 Å². The van der Waals surface area contributed by atoms with Crippen LogP contribution >= 0.6 is 8.60 Å². The Bertz CT molecular complexity index is 636. The molecule has 0 spiro atoms. The van der Waals surface area contributed by atoms with Gasteiger partial charge in [-0.3, -0.25) is 4.79 Å². The van der Waals surface area contributed by atoms with Gasteiger partial charge in [0.15, 0.2) is 0 Å². The van der Waals surface area contributed by atoms with E-state index in [1.165, 1.54) is 64.2 Å². The van der Waals surface area contributed by atoms with Gasteiger partial charge in [-0.1, -0.05) is 83.3 Å². The van der Waals surface area contributed by atoms with E-state index in [9.17, 15) is 9.69 Å². The molecule has 3 N–H and O–H groups in total. The fraction of sp³-hybridized carbons (Fsp3) is 0.750. The van der Waals surface area contributed by atoms with Crippen molar-refractivity contribution in [1.82, 2.24) is 0 Å². The fourth-order valence-corrected chi connectivity index (χ4v) is 4.64.